The van der Waals surface area contributed by atoms with E-state index in [9.17, 15) is 0 Å². The van der Waals surface area contributed by atoms with Gasteiger partial charge in [-0.1, -0.05) is 0 Å². The fourth-order valence-corrected chi connectivity index (χ4v) is 11.5. The molecule has 0 N–H and O–H groups in total. The SMILES string of the molecule is C(CSCC1CS1)CSC(CSCCSCC1CS1)CSCC1CS1. The van der Waals surface area contributed by atoms with Crippen molar-refractivity contribution in [1.82, 2.24) is 0 Å². The molecule has 0 aromatic heterocycles. The zero-order chi connectivity index (χ0) is 17.2. The van der Waals surface area contributed by atoms with Crippen molar-refractivity contribution in [2.45, 2.75) is 27.4 Å². The van der Waals surface area contributed by atoms with Crippen LogP contribution in [-0.4, -0.2) is 90.0 Å². The second-order valence-corrected chi connectivity index (χ2v) is 16.4. The van der Waals surface area contributed by atoms with Crippen LogP contribution in [0.1, 0.15) is 6.42 Å². The molecule has 0 nitrogen and oxygen atoms in total. The minimum Gasteiger partial charge on any atom is -0.161 e. The third kappa shape index (κ3) is 12.9. The van der Waals surface area contributed by atoms with Crippen molar-refractivity contribution in [1.29, 1.82) is 0 Å². The van der Waals surface area contributed by atoms with Crippen LogP contribution >= 0.6 is 94.1 Å². The second kappa shape index (κ2) is 13.9. The molecule has 0 amide bonds. The van der Waals surface area contributed by atoms with E-state index in [1.807, 2.05) is 0 Å². The van der Waals surface area contributed by atoms with Crippen molar-refractivity contribution < 1.29 is 0 Å². The van der Waals surface area contributed by atoms with Gasteiger partial charge in [0.1, 0.15) is 0 Å². The van der Waals surface area contributed by atoms with Crippen LogP contribution < -0.4 is 0 Å². The molecule has 25 heavy (non-hydrogen) atoms. The smallest absolute Gasteiger partial charge is 0.0229 e. The molecule has 3 aliphatic heterocycles. The number of hydrogen-bond donors (Lipinski definition) is 0. The molecule has 8 heteroatoms. The summed E-state index contributed by atoms with van der Waals surface area (Å²) in [5.74, 6) is 16.7. The second-order valence-electron chi connectivity index (χ2n) is 6.47. The molecular formula is C17H30S8. The standard InChI is InChI=1S/C17H30S8/c1(2-18-7-15-11-23-15)3-22-14(9-21-10-17-13-25-17)6-19-4-5-20-8-16-12-24-16/h14-17H,1-13H2. The highest BCUT2D eigenvalue weighted by Gasteiger charge is 2.23. The van der Waals surface area contributed by atoms with E-state index in [1.54, 1.807) is 0 Å². The molecule has 4 unspecified atom stereocenters. The minimum atomic E-state index is 0.881. The van der Waals surface area contributed by atoms with E-state index in [0.29, 0.717) is 0 Å². The summed E-state index contributed by atoms with van der Waals surface area (Å²) in [5, 5.41) is 3.89. The van der Waals surface area contributed by atoms with Gasteiger partial charge in [0.2, 0.25) is 0 Å². The molecule has 0 saturated carbocycles. The fraction of sp³-hybridized carbons (Fsp3) is 1.00. The molecule has 3 rings (SSSR count). The Labute approximate surface area is 189 Å². The van der Waals surface area contributed by atoms with Crippen molar-refractivity contribution in [3.63, 3.8) is 0 Å². The summed E-state index contributed by atoms with van der Waals surface area (Å²) >= 11 is 17.5. The molecule has 3 saturated heterocycles. The van der Waals surface area contributed by atoms with Crippen LogP contribution in [0.4, 0.5) is 0 Å². The zero-order valence-electron chi connectivity index (χ0n) is 14.8. The van der Waals surface area contributed by atoms with Crippen molar-refractivity contribution in [2.75, 3.05) is 69.0 Å². The van der Waals surface area contributed by atoms with Crippen molar-refractivity contribution in [3.05, 3.63) is 0 Å². The normalized spacial score (nSPS) is 28.1. The van der Waals surface area contributed by atoms with Gasteiger partial charge in [0.15, 0.2) is 0 Å². The zero-order valence-corrected chi connectivity index (χ0v) is 21.3. The van der Waals surface area contributed by atoms with Crippen LogP contribution in [0.5, 0.6) is 0 Å². The first kappa shape index (κ1) is 22.5. The fourth-order valence-electron chi connectivity index (χ4n) is 2.14. The maximum Gasteiger partial charge on any atom is 0.0229 e. The first-order valence-corrected chi connectivity index (χ1v) is 18.0. The van der Waals surface area contributed by atoms with Gasteiger partial charge in [0, 0.05) is 78.5 Å². The van der Waals surface area contributed by atoms with Crippen molar-refractivity contribution in [3.8, 4) is 0 Å². The van der Waals surface area contributed by atoms with E-state index in [4.69, 9.17) is 0 Å². The lowest BCUT2D eigenvalue weighted by atomic mass is 10.5. The van der Waals surface area contributed by atoms with E-state index >= 15 is 0 Å². The molecule has 0 aromatic rings. The molecule has 4 atom stereocenters. The summed E-state index contributed by atoms with van der Waals surface area (Å²) in [6.07, 6.45) is 1.41. The summed E-state index contributed by atoms with van der Waals surface area (Å²) in [4.78, 5) is 0. The van der Waals surface area contributed by atoms with Gasteiger partial charge in [-0.2, -0.15) is 94.1 Å². The highest BCUT2D eigenvalue weighted by molar-refractivity contribution is 8.10. The van der Waals surface area contributed by atoms with Gasteiger partial charge in [-0.05, 0) is 17.9 Å². The Morgan fingerprint density at radius 2 is 1.16 bits per heavy atom. The Balaban J connectivity index is 1.17. The average Bonchev–Trinajstić information content (AvgIpc) is 3.47. The summed E-state index contributed by atoms with van der Waals surface area (Å²) in [7, 11) is 0. The van der Waals surface area contributed by atoms with E-state index in [-0.39, 0.29) is 0 Å². The van der Waals surface area contributed by atoms with E-state index in [1.165, 1.54) is 75.5 Å². The van der Waals surface area contributed by atoms with Gasteiger partial charge >= 0.3 is 0 Å². The summed E-state index contributed by atoms with van der Waals surface area (Å²) in [5.41, 5.74) is 0. The number of hydrogen-bond acceptors (Lipinski definition) is 8. The monoisotopic (exact) mass is 490 g/mol. The van der Waals surface area contributed by atoms with Crippen LogP contribution in [0.15, 0.2) is 0 Å². The lowest BCUT2D eigenvalue weighted by molar-refractivity contribution is 1.08. The molecule has 3 aliphatic rings. The maximum absolute atomic E-state index is 2.27. The highest BCUT2D eigenvalue weighted by Crippen LogP contribution is 2.35. The lowest BCUT2D eigenvalue weighted by Gasteiger charge is -2.16. The van der Waals surface area contributed by atoms with Crippen molar-refractivity contribution in [2.24, 2.45) is 0 Å². The van der Waals surface area contributed by atoms with Gasteiger partial charge in [0.05, 0.1) is 0 Å². The Morgan fingerprint density at radius 3 is 1.80 bits per heavy atom. The van der Waals surface area contributed by atoms with E-state index in [0.717, 1.165) is 21.0 Å². The Hall–Kier alpha value is 2.80. The summed E-state index contributed by atoms with van der Waals surface area (Å²) in [6, 6.07) is 0. The lowest BCUT2D eigenvalue weighted by Crippen LogP contribution is -2.13. The molecule has 0 spiro atoms. The van der Waals surface area contributed by atoms with E-state index in [2.05, 4.69) is 94.1 Å². The first-order chi connectivity index (χ1) is 12.4. The predicted molar refractivity (Wildman–Crippen MR) is 139 cm³/mol. The van der Waals surface area contributed by atoms with E-state index < -0.39 is 0 Å². The third-order valence-corrected chi connectivity index (χ3v) is 14.2. The van der Waals surface area contributed by atoms with Crippen LogP contribution in [0.25, 0.3) is 0 Å². The van der Waals surface area contributed by atoms with Gasteiger partial charge in [0.25, 0.3) is 0 Å². The molecule has 0 bridgehead atoms. The van der Waals surface area contributed by atoms with Crippen LogP contribution in [-0.2, 0) is 0 Å². The molecule has 3 heterocycles. The highest BCUT2D eigenvalue weighted by atomic mass is 32.2. The van der Waals surface area contributed by atoms with Gasteiger partial charge < -0.3 is 0 Å². The minimum absolute atomic E-state index is 0.881. The van der Waals surface area contributed by atoms with Crippen molar-refractivity contribution >= 4 is 94.1 Å². The van der Waals surface area contributed by atoms with Crippen LogP contribution in [0.2, 0.25) is 0 Å². The molecule has 146 valence electrons. The molecule has 3 fully saturated rings. The molecule has 0 radical (unpaired) electrons. The molecule has 0 aromatic carbocycles. The largest absolute Gasteiger partial charge is 0.161 e. The Bertz CT molecular complexity index is 320. The molecule has 0 aliphatic carbocycles. The summed E-state index contributed by atoms with van der Waals surface area (Å²) in [6.45, 7) is 0. The van der Waals surface area contributed by atoms with Crippen LogP contribution in [0, 0.1) is 0 Å². The van der Waals surface area contributed by atoms with Gasteiger partial charge in [-0.25, -0.2) is 0 Å². The van der Waals surface area contributed by atoms with Crippen LogP contribution in [0.3, 0.4) is 0 Å². The Morgan fingerprint density at radius 1 is 0.640 bits per heavy atom. The van der Waals surface area contributed by atoms with Gasteiger partial charge in [-0.3, -0.25) is 0 Å². The quantitative estimate of drug-likeness (QED) is 0.173. The maximum atomic E-state index is 2.27. The summed E-state index contributed by atoms with van der Waals surface area (Å²) < 4.78 is 0. The Kier molecular flexibility index (Phi) is 12.5. The average molecular weight is 491 g/mol. The first-order valence-electron chi connectivity index (χ1n) is 9.17. The molecular weight excluding hydrogens is 461 g/mol. The third-order valence-electron chi connectivity index (χ3n) is 3.88. The number of thioether (sulfide) groups is 8. The topological polar surface area (TPSA) is 0 Å². The number of rotatable bonds is 18. The predicted octanol–water partition coefficient (Wildman–Crippen LogP) is 5.76. The van der Waals surface area contributed by atoms with Gasteiger partial charge in [-0.15, -0.1) is 0 Å².